The number of piperidine rings is 4. The average molecular weight is 373 g/mol. The quantitative estimate of drug-likeness (QED) is 0.765. The van der Waals surface area contributed by atoms with Crippen LogP contribution in [0.25, 0.3) is 0 Å². The molecule has 0 saturated carbocycles. The van der Waals surface area contributed by atoms with Crippen LogP contribution in [0.5, 0.6) is 0 Å². The van der Waals surface area contributed by atoms with Crippen LogP contribution in [0.3, 0.4) is 0 Å². The zero-order valence-corrected chi connectivity index (χ0v) is 15.4. The summed E-state index contributed by atoms with van der Waals surface area (Å²) in [5.74, 6) is 0.293. The van der Waals surface area contributed by atoms with E-state index in [1.165, 1.54) is 0 Å². The van der Waals surface area contributed by atoms with Gasteiger partial charge in [-0.05, 0) is 43.7 Å². The van der Waals surface area contributed by atoms with Crippen LogP contribution in [-0.2, 0) is 9.53 Å². The molecule has 0 aromatic carbocycles. The lowest BCUT2D eigenvalue weighted by atomic mass is 9.69. The topological polar surface area (TPSA) is 85.9 Å². The lowest BCUT2D eigenvalue weighted by Gasteiger charge is -2.59. The Labute approximate surface area is 158 Å². The maximum Gasteiger partial charge on any atom is 0.355 e. The standard InChI is InChI=1S/C20H27N3O4/c24-18-5-1-4-16-12-9-14(19(25)23(16)18)17-10-13(6-8-22(17)11-12)27-20(26)15-3-2-7-21-15/h2-3,7,12-14,16-17,19,21,25H,1,4-6,8-11H2/t12-,13+,14+,16+,17-,19-/m0/s1. The van der Waals surface area contributed by atoms with Crippen LogP contribution in [0.4, 0.5) is 0 Å². The Kier molecular flexibility index (Phi) is 4.24. The number of ether oxygens (including phenoxy) is 1. The molecule has 4 aliphatic rings. The molecule has 1 amide bonds. The fourth-order valence-corrected chi connectivity index (χ4v) is 5.87. The summed E-state index contributed by atoms with van der Waals surface area (Å²) in [6, 6.07) is 3.87. The summed E-state index contributed by atoms with van der Waals surface area (Å²) in [4.78, 5) is 31.9. The first-order chi connectivity index (χ1) is 13.1. The summed E-state index contributed by atoms with van der Waals surface area (Å²) < 4.78 is 5.73. The number of fused-ring (bicyclic) bond motifs is 6. The summed E-state index contributed by atoms with van der Waals surface area (Å²) in [5.41, 5.74) is 0.473. The van der Waals surface area contributed by atoms with Crippen LogP contribution in [0.2, 0.25) is 0 Å². The van der Waals surface area contributed by atoms with Crippen molar-refractivity contribution in [3.63, 3.8) is 0 Å². The molecule has 7 nitrogen and oxygen atoms in total. The van der Waals surface area contributed by atoms with Gasteiger partial charge in [0.1, 0.15) is 18.0 Å². The molecule has 5 heterocycles. The largest absolute Gasteiger partial charge is 0.458 e. The SMILES string of the molecule is O=C(O[C@@H]1CCN2C[C@@H]3C[C@H]([C@@H]2C1)[C@H](O)N1C(=O)CCC[C@H]31)c1ccc[nH]1. The van der Waals surface area contributed by atoms with Crippen LogP contribution in [0.15, 0.2) is 18.3 Å². The molecule has 2 N–H and O–H groups in total. The summed E-state index contributed by atoms with van der Waals surface area (Å²) >= 11 is 0. The first-order valence-corrected chi connectivity index (χ1v) is 10.2. The second-order valence-electron chi connectivity index (χ2n) is 8.53. The number of aliphatic hydroxyl groups is 1. The van der Waals surface area contributed by atoms with E-state index in [-0.39, 0.29) is 36.0 Å². The first kappa shape index (κ1) is 17.3. The summed E-state index contributed by atoms with van der Waals surface area (Å²) in [5, 5.41) is 11.0. The first-order valence-electron chi connectivity index (χ1n) is 10.2. The number of nitrogens with zero attached hydrogens (tertiary/aromatic N) is 2. The van der Waals surface area contributed by atoms with Crippen molar-refractivity contribution in [1.82, 2.24) is 14.8 Å². The Hall–Kier alpha value is -1.86. The smallest absolute Gasteiger partial charge is 0.355 e. The minimum atomic E-state index is -0.704. The van der Waals surface area contributed by atoms with Gasteiger partial charge in [-0.25, -0.2) is 4.79 Å². The van der Waals surface area contributed by atoms with E-state index in [0.717, 1.165) is 45.2 Å². The molecule has 4 fully saturated rings. The van der Waals surface area contributed by atoms with Gasteiger partial charge in [-0.2, -0.15) is 0 Å². The van der Waals surface area contributed by atoms with Crippen molar-refractivity contribution in [3.8, 4) is 0 Å². The van der Waals surface area contributed by atoms with E-state index in [0.29, 0.717) is 18.0 Å². The van der Waals surface area contributed by atoms with E-state index < -0.39 is 6.23 Å². The maximum absolute atomic E-state index is 12.5. The minimum Gasteiger partial charge on any atom is -0.458 e. The number of aromatic amines is 1. The van der Waals surface area contributed by atoms with Crippen molar-refractivity contribution in [3.05, 3.63) is 24.0 Å². The van der Waals surface area contributed by atoms with Gasteiger partial charge in [-0.1, -0.05) is 0 Å². The molecule has 2 bridgehead atoms. The second kappa shape index (κ2) is 6.63. The average Bonchev–Trinajstić information content (AvgIpc) is 3.21. The van der Waals surface area contributed by atoms with E-state index in [2.05, 4.69) is 9.88 Å². The molecule has 4 saturated heterocycles. The zero-order valence-electron chi connectivity index (χ0n) is 15.4. The molecule has 146 valence electrons. The molecule has 0 spiro atoms. The van der Waals surface area contributed by atoms with Gasteiger partial charge < -0.3 is 19.7 Å². The summed E-state index contributed by atoms with van der Waals surface area (Å²) in [6.07, 6.45) is 5.89. The van der Waals surface area contributed by atoms with E-state index in [1.54, 1.807) is 23.2 Å². The van der Waals surface area contributed by atoms with Gasteiger partial charge in [0.05, 0.1) is 0 Å². The number of amides is 1. The molecule has 4 aliphatic heterocycles. The van der Waals surface area contributed by atoms with Gasteiger partial charge in [0, 0.05) is 50.1 Å². The third kappa shape index (κ3) is 2.88. The normalized spacial score (nSPS) is 38.9. The molecule has 27 heavy (non-hydrogen) atoms. The number of hydrogen-bond donors (Lipinski definition) is 2. The number of carbonyl (C=O) groups excluding carboxylic acids is 2. The van der Waals surface area contributed by atoms with Crippen molar-refractivity contribution >= 4 is 11.9 Å². The third-order valence-electron chi connectivity index (χ3n) is 7.09. The Morgan fingerprint density at radius 2 is 2.15 bits per heavy atom. The van der Waals surface area contributed by atoms with Crippen LogP contribution in [0.1, 0.15) is 49.0 Å². The number of carbonyl (C=O) groups is 2. The van der Waals surface area contributed by atoms with E-state index in [9.17, 15) is 14.7 Å². The highest BCUT2D eigenvalue weighted by Crippen LogP contribution is 2.45. The van der Waals surface area contributed by atoms with Crippen LogP contribution in [0, 0.1) is 11.8 Å². The number of esters is 1. The van der Waals surface area contributed by atoms with Crippen LogP contribution < -0.4 is 0 Å². The van der Waals surface area contributed by atoms with Crippen molar-refractivity contribution in [1.29, 1.82) is 0 Å². The lowest BCUT2D eigenvalue weighted by molar-refractivity contribution is -0.194. The Morgan fingerprint density at radius 3 is 2.96 bits per heavy atom. The van der Waals surface area contributed by atoms with Gasteiger partial charge in [0.2, 0.25) is 5.91 Å². The van der Waals surface area contributed by atoms with Crippen molar-refractivity contribution in [2.75, 3.05) is 13.1 Å². The number of aromatic nitrogens is 1. The Balaban J connectivity index is 1.31. The van der Waals surface area contributed by atoms with E-state index in [4.69, 9.17) is 4.74 Å². The molecule has 7 heteroatoms. The van der Waals surface area contributed by atoms with Crippen LogP contribution >= 0.6 is 0 Å². The van der Waals surface area contributed by atoms with Crippen molar-refractivity contribution < 1.29 is 19.4 Å². The number of rotatable bonds is 2. The van der Waals surface area contributed by atoms with Gasteiger partial charge in [-0.15, -0.1) is 0 Å². The van der Waals surface area contributed by atoms with Gasteiger partial charge in [-0.3, -0.25) is 9.69 Å². The maximum atomic E-state index is 12.5. The number of nitrogens with one attached hydrogen (secondary N) is 1. The van der Waals surface area contributed by atoms with Gasteiger partial charge in [0.15, 0.2) is 0 Å². The molecule has 1 aromatic heterocycles. The van der Waals surface area contributed by atoms with Crippen LogP contribution in [-0.4, -0.2) is 69.3 Å². The highest BCUT2D eigenvalue weighted by molar-refractivity contribution is 5.87. The fraction of sp³-hybridized carbons (Fsp3) is 0.700. The Bertz CT molecular complexity index is 719. The highest BCUT2D eigenvalue weighted by Gasteiger charge is 2.53. The number of aliphatic hydroxyl groups excluding tert-OH is 1. The lowest BCUT2D eigenvalue weighted by Crippen LogP contribution is -2.69. The predicted octanol–water partition coefficient (Wildman–Crippen LogP) is 1.35. The molecule has 0 aliphatic carbocycles. The molecule has 1 aromatic rings. The summed E-state index contributed by atoms with van der Waals surface area (Å²) in [6.45, 7) is 1.87. The number of hydrogen-bond acceptors (Lipinski definition) is 5. The second-order valence-corrected chi connectivity index (χ2v) is 8.53. The van der Waals surface area contributed by atoms with E-state index >= 15 is 0 Å². The number of H-pyrrole nitrogens is 1. The van der Waals surface area contributed by atoms with Crippen molar-refractivity contribution in [2.24, 2.45) is 11.8 Å². The van der Waals surface area contributed by atoms with Gasteiger partial charge >= 0.3 is 5.97 Å². The Morgan fingerprint density at radius 1 is 1.26 bits per heavy atom. The predicted molar refractivity (Wildman–Crippen MR) is 96.7 cm³/mol. The molecular formula is C20H27N3O4. The van der Waals surface area contributed by atoms with Crippen molar-refractivity contribution in [2.45, 2.75) is 62.9 Å². The molecule has 0 radical (unpaired) electrons. The molecule has 6 atom stereocenters. The zero-order chi connectivity index (χ0) is 18.5. The third-order valence-corrected chi connectivity index (χ3v) is 7.09. The van der Waals surface area contributed by atoms with E-state index in [1.807, 2.05) is 0 Å². The minimum absolute atomic E-state index is 0.0500. The summed E-state index contributed by atoms with van der Waals surface area (Å²) in [7, 11) is 0. The fourth-order valence-electron chi connectivity index (χ4n) is 5.87. The molecule has 0 unspecified atom stereocenters. The monoisotopic (exact) mass is 373 g/mol. The van der Waals surface area contributed by atoms with Gasteiger partial charge in [0.25, 0.3) is 0 Å². The molecule has 5 rings (SSSR count). The molecular weight excluding hydrogens is 346 g/mol. The highest BCUT2D eigenvalue weighted by atomic mass is 16.5.